The van der Waals surface area contributed by atoms with Gasteiger partial charge >= 0.3 is 7.12 Å². The van der Waals surface area contributed by atoms with Crippen LogP contribution in [0.2, 0.25) is 0 Å². The Morgan fingerprint density at radius 2 is 1.62 bits per heavy atom. The van der Waals surface area contributed by atoms with Crippen LogP contribution < -0.4 is 11.0 Å². The normalized spacial score (nSPS) is 20.1. The van der Waals surface area contributed by atoms with E-state index in [1.807, 2.05) is 45.9 Å². The Balaban J connectivity index is 2.07. The average Bonchev–Trinajstić information content (AvgIpc) is 2.63. The molecule has 2 aromatic heterocycles. The van der Waals surface area contributed by atoms with Gasteiger partial charge < -0.3 is 9.31 Å². The number of hydrogen-bond acceptors (Lipinski definition) is 3. The number of fused-ring (bicyclic) bond motifs is 1. The van der Waals surface area contributed by atoms with Gasteiger partial charge in [-0.2, -0.15) is 0 Å². The van der Waals surface area contributed by atoms with Crippen molar-refractivity contribution >= 4 is 18.1 Å². The lowest BCUT2D eigenvalue weighted by Gasteiger charge is -2.32. The molecule has 0 bridgehead atoms. The fraction of sp³-hybridized carbons (Fsp3) is 0.375. The van der Waals surface area contributed by atoms with Gasteiger partial charge in [-0.15, -0.1) is 0 Å². The van der Waals surface area contributed by atoms with Crippen molar-refractivity contribution in [2.24, 2.45) is 0 Å². The van der Waals surface area contributed by atoms with E-state index in [2.05, 4.69) is 6.92 Å². The van der Waals surface area contributed by atoms with Gasteiger partial charge in [0.1, 0.15) is 0 Å². The Morgan fingerprint density at radius 3 is 2.24 bits per heavy atom. The average molecular weight is 284 g/mol. The molecule has 4 nitrogen and oxygen atoms in total. The number of nitrogens with zero attached hydrogens (tertiary/aromatic N) is 1. The van der Waals surface area contributed by atoms with Crippen LogP contribution >= 0.6 is 0 Å². The van der Waals surface area contributed by atoms with Gasteiger partial charge in [0.15, 0.2) is 0 Å². The van der Waals surface area contributed by atoms with Gasteiger partial charge in [-0.3, -0.25) is 9.20 Å². The molecule has 1 aliphatic heterocycles. The monoisotopic (exact) mass is 284 g/mol. The first-order valence-electron chi connectivity index (χ1n) is 7.04. The topological polar surface area (TPSA) is 39.9 Å². The van der Waals surface area contributed by atoms with Crippen molar-refractivity contribution in [3.63, 3.8) is 0 Å². The van der Waals surface area contributed by atoms with E-state index in [-0.39, 0.29) is 5.56 Å². The summed E-state index contributed by atoms with van der Waals surface area (Å²) in [5, 5.41) is 0. The van der Waals surface area contributed by atoms with E-state index in [4.69, 9.17) is 9.31 Å². The van der Waals surface area contributed by atoms with E-state index in [9.17, 15) is 4.79 Å². The quantitative estimate of drug-likeness (QED) is 0.749. The van der Waals surface area contributed by atoms with Crippen molar-refractivity contribution in [1.82, 2.24) is 4.40 Å². The molecule has 0 N–H and O–H groups in total. The lowest BCUT2D eigenvalue weighted by atomic mass is 9.80. The third kappa shape index (κ3) is 2.21. The van der Waals surface area contributed by atoms with Crippen LogP contribution in [0.1, 0.15) is 33.3 Å². The third-order valence-corrected chi connectivity index (χ3v) is 4.48. The van der Waals surface area contributed by atoms with Crippen molar-refractivity contribution in [2.75, 3.05) is 0 Å². The molecule has 0 aliphatic carbocycles. The highest BCUT2D eigenvalue weighted by Crippen LogP contribution is 2.36. The number of hydrogen-bond donors (Lipinski definition) is 0. The highest BCUT2D eigenvalue weighted by atomic mass is 16.7. The molecule has 1 saturated heterocycles. The Bertz CT molecular complexity index is 748. The molecule has 3 heterocycles. The van der Waals surface area contributed by atoms with Gasteiger partial charge in [-0.05, 0) is 52.2 Å². The molecule has 1 aliphatic rings. The summed E-state index contributed by atoms with van der Waals surface area (Å²) in [5.41, 5.74) is 1.21. The summed E-state index contributed by atoms with van der Waals surface area (Å²) in [5.74, 6) is 0. The maximum atomic E-state index is 12.2. The van der Waals surface area contributed by atoms with Crippen LogP contribution in [0.25, 0.3) is 5.52 Å². The van der Waals surface area contributed by atoms with Gasteiger partial charge in [-0.1, -0.05) is 12.1 Å². The standard InChI is InChI=1S/C16H19BNO3/c1-11-6-8-13-9-7-12(10-18(13)14(11)19)17-20-15(2,3)16(4,5)21-17/h6-10H,1H2,2-5H3. The van der Waals surface area contributed by atoms with Gasteiger partial charge in [0.2, 0.25) is 0 Å². The predicted molar refractivity (Wildman–Crippen MR) is 83.8 cm³/mol. The van der Waals surface area contributed by atoms with Gasteiger partial charge in [-0.25, -0.2) is 0 Å². The minimum Gasteiger partial charge on any atom is -0.399 e. The second-order valence-electron chi connectivity index (χ2n) is 6.51. The molecule has 0 spiro atoms. The molecule has 2 aromatic rings. The lowest BCUT2D eigenvalue weighted by molar-refractivity contribution is 0.00578. The van der Waals surface area contributed by atoms with Crippen LogP contribution in [0.4, 0.5) is 0 Å². The van der Waals surface area contributed by atoms with Crippen molar-refractivity contribution < 1.29 is 9.31 Å². The summed E-state index contributed by atoms with van der Waals surface area (Å²) in [6.07, 6.45) is 1.77. The van der Waals surface area contributed by atoms with Crippen molar-refractivity contribution in [1.29, 1.82) is 0 Å². The number of rotatable bonds is 1. The van der Waals surface area contributed by atoms with Crippen LogP contribution in [-0.2, 0) is 9.31 Å². The van der Waals surface area contributed by atoms with Gasteiger partial charge in [0.05, 0.1) is 11.2 Å². The fourth-order valence-electron chi connectivity index (χ4n) is 2.37. The zero-order chi connectivity index (χ0) is 15.4. The van der Waals surface area contributed by atoms with Crippen LogP contribution in [0.3, 0.4) is 0 Å². The third-order valence-electron chi connectivity index (χ3n) is 4.48. The van der Waals surface area contributed by atoms with Crippen molar-refractivity contribution in [3.05, 3.63) is 53.3 Å². The largest absolute Gasteiger partial charge is 0.496 e. The van der Waals surface area contributed by atoms with E-state index < -0.39 is 18.3 Å². The molecule has 1 radical (unpaired) electrons. The van der Waals surface area contributed by atoms with E-state index >= 15 is 0 Å². The maximum absolute atomic E-state index is 12.2. The van der Waals surface area contributed by atoms with Gasteiger partial charge in [0, 0.05) is 17.3 Å². The molecule has 5 heteroatoms. The molecule has 0 unspecified atom stereocenters. The molecule has 1 fully saturated rings. The molecule has 0 amide bonds. The van der Waals surface area contributed by atoms with Crippen LogP contribution in [-0.4, -0.2) is 22.7 Å². The van der Waals surface area contributed by atoms with E-state index in [1.54, 1.807) is 16.7 Å². The Morgan fingerprint density at radius 1 is 1.05 bits per heavy atom. The van der Waals surface area contributed by atoms with E-state index in [0.717, 1.165) is 11.0 Å². The maximum Gasteiger partial charge on any atom is 0.496 e. The summed E-state index contributed by atoms with van der Waals surface area (Å²) in [6.45, 7) is 11.8. The molecule has 3 rings (SSSR count). The Hall–Kier alpha value is -1.59. The van der Waals surface area contributed by atoms with E-state index in [0.29, 0.717) is 5.56 Å². The smallest absolute Gasteiger partial charge is 0.399 e. The molecular weight excluding hydrogens is 265 g/mol. The summed E-state index contributed by atoms with van der Waals surface area (Å²) >= 11 is 0. The summed E-state index contributed by atoms with van der Waals surface area (Å²) in [6, 6.07) is 7.42. The second kappa shape index (κ2) is 4.45. The summed E-state index contributed by atoms with van der Waals surface area (Å²) in [4.78, 5) is 12.2. The lowest BCUT2D eigenvalue weighted by Crippen LogP contribution is -2.41. The van der Waals surface area contributed by atoms with Crippen molar-refractivity contribution in [2.45, 2.75) is 38.9 Å². The minimum absolute atomic E-state index is 0.120. The molecule has 0 atom stereocenters. The van der Waals surface area contributed by atoms with Crippen LogP contribution in [0.5, 0.6) is 0 Å². The summed E-state index contributed by atoms with van der Waals surface area (Å²) in [7, 11) is -0.472. The van der Waals surface area contributed by atoms with Gasteiger partial charge in [0.25, 0.3) is 5.56 Å². The Labute approximate surface area is 124 Å². The molecule has 0 saturated carbocycles. The first kappa shape index (κ1) is 14.4. The van der Waals surface area contributed by atoms with Crippen molar-refractivity contribution in [3.8, 4) is 0 Å². The first-order chi connectivity index (χ1) is 9.71. The van der Waals surface area contributed by atoms with E-state index in [1.165, 1.54) is 0 Å². The van der Waals surface area contributed by atoms with Crippen LogP contribution in [0.15, 0.2) is 35.3 Å². The zero-order valence-corrected chi connectivity index (χ0v) is 12.8. The zero-order valence-electron chi connectivity index (χ0n) is 12.8. The predicted octanol–water partition coefficient (Wildman–Crippen LogP) is 1.78. The fourth-order valence-corrected chi connectivity index (χ4v) is 2.37. The number of pyridine rings is 2. The number of aromatic nitrogens is 1. The highest BCUT2D eigenvalue weighted by molar-refractivity contribution is 6.62. The SMILES string of the molecule is [CH2]c1ccc2ccc(B3OC(C)(C)C(C)(C)O3)cn2c1=O. The molecule has 109 valence electrons. The first-order valence-corrected chi connectivity index (χ1v) is 7.04. The minimum atomic E-state index is -0.472. The molecule has 21 heavy (non-hydrogen) atoms. The molecule has 0 aromatic carbocycles. The highest BCUT2D eigenvalue weighted by Gasteiger charge is 2.51. The second-order valence-corrected chi connectivity index (χ2v) is 6.51. The Kier molecular flexibility index (Phi) is 3.04. The summed E-state index contributed by atoms with van der Waals surface area (Å²) < 4.78 is 13.6. The molecular formula is C16H19BNO3. The van der Waals surface area contributed by atoms with Crippen LogP contribution in [0, 0.1) is 6.92 Å².